The summed E-state index contributed by atoms with van der Waals surface area (Å²) in [5.74, 6) is 0.0185. The third kappa shape index (κ3) is 3.33. The average Bonchev–Trinajstić information content (AvgIpc) is 2.19. The van der Waals surface area contributed by atoms with Gasteiger partial charge in [0, 0.05) is 18.9 Å². The number of carbonyl (C=O) groups is 1. The Morgan fingerprint density at radius 3 is 2.79 bits per heavy atom. The van der Waals surface area contributed by atoms with Gasteiger partial charge in [0.05, 0.1) is 5.25 Å². The number of nitrogens with one attached hydrogen (secondary N) is 1. The van der Waals surface area contributed by atoms with Crippen molar-refractivity contribution >= 4 is 17.7 Å². The molecule has 0 aliphatic rings. The van der Waals surface area contributed by atoms with Gasteiger partial charge in [0.25, 0.3) is 0 Å². The van der Waals surface area contributed by atoms with Gasteiger partial charge in [-0.3, -0.25) is 4.79 Å². The normalized spacial score (nSPS) is 12.1. The molecule has 0 radical (unpaired) electrons. The predicted molar refractivity (Wildman–Crippen MR) is 56.0 cm³/mol. The summed E-state index contributed by atoms with van der Waals surface area (Å²) in [6.45, 7) is 4.39. The van der Waals surface area contributed by atoms with E-state index in [0.717, 1.165) is 0 Å². The Morgan fingerprint density at radius 2 is 2.21 bits per heavy atom. The minimum absolute atomic E-state index is 0.0185. The highest BCUT2D eigenvalue weighted by Crippen LogP contribution is 2.17. The molecule has 1 aromatic rings. The van der Waals surface area contributed by atoms with E-state index in [-0.39, 0.29) is 11.2 Å². The van der Waals surface area contributed by atoms with Crippen molar-refractivity contribution in [3.8, 4) is 0 Å². The van der Waals surface area contributed by atoms with Gasteiger partial charge in [-0.25, -0.2) is 9.97 Å². The van der Waals surface area contributed by atoms with Gasteiger partial charge in [-0.05, 0) is 19.9 Å². The molecule has 1 rings (SSSR count). The van der Waals surface area contributed by atoms with Gasteiger partial charge in [0.2, 0.25) is 5.91 Å². The van der Waals surface area contributed by atoms with Crippen molar-refractivity contribution in [3.05, 3.63) is 18.5 Å². The number of carbonyl (C=O) groups excluding carboxylic acids is 1. The summed E-state index contributed by atoms with van der Waals surface area (Å²) in [6.07, 6.45) is 3.33. The fraction of sp³-hybridized carbons (Fsp3) is 0.444. The van der Waals surface area contributed by atoms with Crippen molar-refractivity contribution < 1.29 is 4.79 Å². The van der Waals surface area contributed by atoms with E-state index in [1.807, 2.05) is 13.8 Å². The number of hydrogen-bond acceptors (Lipinski definition) is 4. The summed E-state index contributed by atoms with van der Waals surface area (Å²) in [4.78, 5) is 19.4. The fourth-order valence-corrected chi connectivity index (χ4v) is 1.63. The Hall–Kier alpha value is -1.10. The van der Waals surface area contributed by atoms with Gasteiger partial charge in [-0.15, -0.1) is 0 Å². The van der Waals surface area contributed by atoms with Crippen molar-refractivity contribution in [1.82, 2.24) is 15.3 Å². The van der Waals surface area contributed by atoms with E-state index in [0.29, 0.717) is 11.7 Å². The van der Waals surface area contributed by atoms with E-state index in [9.17, 15) is 4.79 Å². The summed E-state index contributed by atoms with van der Waals surface area (Å²) >= 11 is 1.36. The molecule has 4 nitrogen and oxygen atoms in total. The Morgan fingerprint density at radius 1 is 1.57 bits per heavy atom. The van der Waals surface area contributed by atoms with Crippen LogP contribution in [0.2, 0.25) is 0 Å². The zero-order valence-electron chi connectivity index (χ0n) is 8.23. The van der Waals surface area contributed by atoms with Crippen molar-refractivity contribution in [2.24, 2.45) is 0 Å². The molecule has 1 N–H and O–H groups in total. The first-order valence-corrected chi connectivity index (χ1v) is 5.33. The van der Waals surface area contributed by atoms with Gasteiger partial charge in [0.15, 0.2) is 5.16 Å². The molecule has 1 amide bonds. The van der Waals surface area contributed by atoms with Crippen LogP contribution in [0.3, 0.4) is 0 Å². The molecule has 0 bridgehead atoms. The van der Waals surface area contributed by atoms with Crippen LogP contribution in [0.1, 0.15) is 13.8 Å². The highest BCUT2D eigenvalue weighted by molar-refractivity contribution is 8.00. The minimum atomic E-state index is -0.155. The predicted octanol–water partition coefficient (Wildman–Crippen LogP) is 1.09. The summed E-state index contributed by atoms with van der Waals surface area (Å²) < 4.78 is 0. The van der Waals surface area contributed by atoms with Crippen molar-refractivity contribution in [2.45, 2.75) is 24.3 Å². The Bertz CT molecular complexity index is 291. The van der Waals surface area contributed by atoms with Gasteiger partial charge in [-0.2, -0.15) is 0 Å². The van der Waals surface area contributed by atoms with Crippen LogP contribution in [0.4, 0.5) is 0 Å². The standard InChI is InChI=1S/C9H13N3OS/c1-3-10-8(13)7(2)14-9-11-5-4-6-12-9/h4-7H,3H2,1-2H3,(H,10,13). The zero-order valence-corrected chi connectivity index (χ0v) is 9.04. The molecule has 76 valence electrons. The molecule has 1 unspecified atom stereocenters. The van der Waals surface area contributed by atoms with Gasteiger partial charge >= 0.3 is 0 Å². The number of aromatic nitrogens is 2. The molecular formula is C9H13N3OS. The van der Waals surface area contributed by atoms with Crippen LogP contribution in [-0.2, 0) is 4.79 Å². The minimum Gasteiger partial charge on any atom is -0.355 e. The number of rotatable bonds is 4. The third-order valence-electron chi connectivity index (χ3n) is 1.54. The number of hydrogen-bond donors (Lipinski definition) is 1. The van der Waals surface area contributed by atoms with E-state index in [1.165, 1.54) is 11.8 Å². The monoisotopic (exact) mass is 211 g/mol. The topological polar surface area (TPSA) is 54.9 Å². The number of amides is 1. The lowest BCUT2D eigenvalue weighted by Crippen LogP contribution is -2.30. The van der Waals surface area contributed by atoms with Crippen molar-refractivity contribution in [2.75, 3.05) is 6.54 Å². The van der Waals surface area contributed by atoms with Crippen LogP contribution < -0.4 is 5.32 Å². The number of thioether (sulfide) groups is 1. The van der Waals surface area contributed by atoms with Gasteiger partial charge in [-0.1, -0.05) is 11.8 Å². The van der Waals surface area contributed by atoms with Crippen LogP contribution in [-0.4, -0.2) is 27.7 Å². The largest absolute Gasteiger partial charge is 0.355 e. The first-order chi connectivity index (χ1) is 6.74. The highest BCUT2D eigenvalue weighted by Gasteiger charge is 2.14. The summed E-state index contributed by atoms with van der Waals surface area (Å²) in [7, 11) is 0. The maximum absolute atomic E-state index is 11.4. The molecule has 14 heavy (non-hydrogen) atoms. The average molecular weight is 211 g/mol. The lowest BCUT2D eigenvalue weighted by atomic mass is 10.4. The first kappa shape index (κ1) is 11.0. The molecule has 0 spiro atoms. The highest BCUT2D eigenvalue weighted by atomic mass is 32.2. The molecule has 1 heterocycles. The van der Waals surface area contributed by atoms with Crippen LogP contribution in [0.5, 0.6) is 0 Å². The van der Waals surface area contributed by atoms with E-state index < -0.39 is 0 Å². The van der Waals surface area contributed by atoms with Crippen molar-refractivity contribution in [1.29, 1.82) is 0 Å². The maximum Gasteiger partial charge on any atom is 0.233 e. The molecule has 5 heteroatoms. The summed E-state index contributed by atoms with van der Waals surface area (Å²) in [6, 6.07) is 1.75. The van der Waals surface area contributed by atoms with Crippen LogP contribution in [0.25, 0.3) is 0 Å². The van der Waals surface area contributed by atoms with E-state index in [2.05, 4.69) is 15.3 Å². The first-order valence-electron chi connectivity index (χ1n) is 4.45. The maximum atomic E-state index is 11.4. The van der Waals surface area contributed by atoms with E-state index in [1.54, 1.807) is 18.5 Å². The third-order valence-corrected chi connectivity index (χ3v) is 2.53. The number of nitrogens with zero attached hydrogens (tertiary/aromatic N) is 2. The fourth-order valence-electron chi connectivity index (χ4n) is 0.876. The molecule has 1 aromatic heterocycles. The Kier molecular flexibility index (Phi) is 4.39. The van der Waals surface area contributed by atoms with E-state index in [4.69, 9.17) is 0 Å². The Balaban J connectivity index is 2.49. The molecule has 0 saturated carbocycles. The lowest BCUT2D eigenvalue weighted by molar-refractivity contribution is -0.120. The second kappa shape index (κ2) is 5.59. The SMILES string of the molecule is CCNC(=O)C(C)Sc1ncccn1. The molecule has 0 aliphatic heterocycles. The quantitative estimate of drug-likeness (QED) is 0.598. The molecule has 0 aromatic carbocycles. The molecular weight excluding hydrogens is 198 g/mol. The summed E-state index contributed by atoms with van der Waals surface area (Å²) in [5, 5.41) is 3.23. The van der Waals surface area contributed by atoms with Gasteiger partial charge < -0.3 is 5.32 Å². The summed E-state index contributed by atoms with van der Waals surface area (Å²) in [5.41, 5.74) is 0. The molecule has 0 fully saturated rings. The molecule has 1 atom stereocenters. The van der Waals surface area contributed by atoms with Crippen LogP contribution >= 0.6 is 11.8 Å². The smallest absolute Gasteiger partial charge is 0.233 e. The zero-order chi connectivity index (χ0) is 10.4. The second-order valence-corrected chi connectivity index (χ2v) is 3.99. The van der Waals surface area contributed by atoms with Gasteiger partial charge in [0.1, 0.15) is 0 Å². The lowest BCUT2D eigenvalue weighted by Gasteiger charge is -2.08. The van der Waals surface area contributed by atoms with E-state index >= 15 is 0 Å². The van der Waals surface area contributed by atoms with Crippen LogP contribution in [0.15, 0.2) is 23.6 Å². The Labute approximate surface area is 87.5 Å². The molecule has 0 saturated heterocycles. The second-order valence-electron chi connectivity index (χ2n) is 2.69. The molecule has 0 aliphatic carbocycles. The van der Waals surface area contributed by atoms with Crippen molar-refractivity contribution in [3.63, 3.8) is 0 Å². The van der Waals surface area contributed by atoms with Crippen LogP contribution in [0, 0.1) is 0 Å².